The Labute approximate surface area is 184 Å². The molecule has 0 aliphatic rings. The number of halogens is 3. The third kappa shape index (κ3) is 7.78. The van der Waals surface area contributed by atoms with Crippen LogP contribution in [-0.2, 0) is 9.84 Å². The highest BCUT2D eigenvalue weighted by Gasteiger charge is 2.28. The largest absolute Gasteiger partial charge is 0.357 e. The maximum atomic E-state index is 12.2. The summed E-state index contributed by atoms with van der Waals surface area (Å²) in [5.74, 6) is 0.550. The molecule has 0 aliphatic heterocycles. The van der Waals surface area contributed by atoms with E-state index in [-0.39, 0.29) is 42.3 Å². The molecule has 26 heavy (non-hydrogen) atoms. The first-order chi connectivity index (χ1) is 11.5. The standard InChI is InChI=1S/C17H27Cl2N3O2S.HI/c1-6-20-16(21-9-10-25(23,24)17(3,4)5)22-12(2)14-8-7-13(18)11-15(14)19;/h7-8,11-12H,6,9-10H2,1-5H3,(H2,20,21,22);1H. The number of guanidine groups is 1. The average Bonchev–Trinajstić information content (AvgIpc) is 2.45. The number of sulfone groups is 1. The van der Waals surface area contributed by atoms with Gasteiger partial charge in [-0.05, 0) is 52.3 Å². The molecule has 5 nitrogen and oxygen atoms in total. The number of hydrogen-bond donors (Lipinski definition) is 2. The minimum atomic E-state index is -3.20. The van der Waals surface area contributed by atoms with E-state index in [1.165, 1.54) is 0 Å². The summed E-state index contributed by atoms with van der Waals surface area (Å²) in [5, 5.41) is 7.50. The van der Waals surface area contributed by atoms with Crippen molar-refractivity contribution in [3.8, 4) is 0 Å². The van der Waals surface area contributed by atoms with Crippen LogP contribution in [0.3, 0.4) is 0 Å². The molecule has 0 saturated carbocycles. The molecule has 2 N–H and O–H groups in total. The van der Waals surface area contributed by atoms with Crippen molar-refractivity contribution in [3.05, 3.63) is 33.8 Å². The number of nitrogens with one attached hydrogen (secondary N) is 2. The minimum Gasteiger partial charge on any atom is -0.357 e. The van der Waals surface area contributed by atoms with Gasteiger partial charge in [0.1, 0.15) is 0 Å². The Morgan fingerprint density at radius 2 is 1.88 bits per heavy atom. The van der Waals surface area contributed by atoms with E-state index >= 15 is 0 Å². The van der Waals surface area contributed by atoms with E-state index in [0.717, 1.165) is 5.56 Å². The number of benzene rings is 1. The second kappa shape index (κ2) is 10.9. The van der Waals surface area contributed by atoms with Gasteiger partial charge in [0, 0.05) is 16.6 Å². The fourth-order valence-electron chi connectivity index (χ4n) is 2.04. The molecule has 0 bridgehead atoms. The van der Waals surface area contributed by atoms with Gasteiger partial charge < -0.3 is 10.6 Å². The summed E-state index contributed by atoms with van der Waals surface area (Å²) in [6.07, 6.45) is 0. The Morgan fingerprint density at radius 3 is 2.38 bits per heavy atom. The first-order valence-electron chi connectivity index (χ1n) is 8.20. The zero-order valence-electron chi connectivity index (χ0n) is 15.8. The summed E-state index contributed by atoms with van der Waals surface area (Å²) >= 11 is 12.2. The van der Waals surface area contributed by atoms with Gasteiger partial charge in [-0.3, -0.25) is 4.99 Å². The Bertz CT molecular complexity index is 719. The maximum absolute atomic E-state index is 12.2. The highest BCUT2D eigenvalue weighted by atomic mass is 127. The number of rotatable bonds is 6. The van der Waals surface area contributed by atoms with Crippen LogP contribution in [0.1, 0.15) is 46.2 Å². The highest BCUT2D eigenvalue weighted by Crippen LogP contribution is 2.26. The van der Waals surface area contributed by atoms with Crippen molar-refractivity contribution < 1.29 is 8.42 Å². The van der Waals surface area contributed by atoms with Crippen LogP contribution in [0, 0.1) is 0 Å². The molecule has 0 spiro atoms. The van der Waals surface area contributed by atoms with Crippen LogP contribution < -0.4 is 10.6 Å². The summed E-state index contributed by atoms with van der Waals surface area (Å²) in [4.78, 5) is 4.37. The van der Waals surface area contributed by atoms with Crippen LogP contribution in [0.15, 0.2) is 23.2 Å². The summed E-state index contributed by atoms with van der Waals surface area (Å²) < 4.78 is 23.6. The third-order valence-corrected chi connectivity index (χ3v) is 6.84. The fourth-order valence-corrected chi connectivity index (χ4v) is 3.56. The predicted octanol–water partition coefficient (Wildman–Crippen LogP) is 4.44. The number of nitrogens with zero attached hydrogens (tertiary/aromatic N) is 1. The second-order valence-corrected chi connectivity index (χ2v) is 10.4. The lowest BCUT2D eigenvalue weighted by Gasteiger charge is -2.20. The zero-order valence-corrected chi connectivity index (χ0v) is 20.4. The summed E-state index contributed by atoms with van der Waals surface area (Å²) in [6, 6.07) is 5.22. The molecule has 1 unspecified atom stereocenters. The van der Waals surface area contributed by atoms with Crippen LogP contribution in [0.4, 0.5) is 0 Å². The van der Waals surface area contributed by atoms with Gasteiger partial charge in [-0.2, -0.15) is 0 Å². The quantitative estimate of drug-likeness (QED) is 0.321. The van der Waals surface area contributed by atoms with Crippen LogP contribution >= 0.6 is 47.2 Å². The molecule has 0 amide bonds. The van der Waals surface area contributed by atoms with Gasteiger partial charge in [-0.15, -0.1) is 24.0 Å². The monoisotopic (exact) mass is 535 g/mol. The molecule has 0 aromatic heterocycles. The summed E-state index contributed by atoms with van der Waals surface area (Å²) in [5.41, 5.74) is 0.888. The summed E-state index contributed by atoms with van der Waals surface area (Å²) in [7, 11) is -3.20. The molecule has 1 aromatic rings. The second-order valence-electron chi connectivity index (χ2n) is 6.72. The van der Waals surface area contributed by atoms with E-state index in [2.05, 4.69) is 15.6 Å². The van der Waals surface area contributed by atoms with E-state index in [1.807, 2.05) is 19.9 Å². The Balaban J connectivity index is 0.00000625. The van der Waals surface area contributed by atoms with Crippen LogP contribution in [0.2, 0.25) is 10.0 Å². The van der Waals surface area contributed by atoms with Gasteiger partial charge >= 0.3 is 0 Å². The van der Waals surface area contributed by atoms with Gasteiger partial charge in [0.15, 0.2) is 15.8 Å². The van der Waals surface area contributed by atoms with Gasteiger partial charge in [0.25, 0.3) is 0 Å². The van der Waals surface area contributed by atoms with Gasteiger partial charge in [-0.1, -0.05) is 29.3 Å². The normalized spacial score (nSPS) is 13.7. The Hall–Kier alpha value is -0.250. The molecule has 0 saturated heterocycles. The fraction of sp³-hybridized carbons (Fsp3) is 0.588. The van der Waals surface area contributed by atoms with E-state index in [9.17, 15) is 8.42 Å². The van der Waals surface area contributed by atoms with Crippen molar-refractivity contribution >= 4 is 63.0 Å². The van der Waals surface area contributed by atoms with Crippen molar-refractivity contribution in [2.75, 3.05) is 18.8 Å². The highest BCUT2D eigenvalue weighted by molar-refractivity contribution is 14.0. The molecule has 0 radical (unpaired) electrons. The molecule has 9 heteroatoms. The van der Waals surface area contributed by atoms with Crippen molar-refractivity contribution in [2.45, 2.75) is 45.4 Å². The number of aliphatic imine (C=N–C) groups is 1. The van der Waals surface area contributed by atoms with Gasteiger partial charge in [-0.25, -0.2) is 8.42 Å². The Kier molecular flexibility index (Phi) is 10.8. The van der Waals surface area contributed by atoms with Gasteiger partial charge in [0.05, 0.1) is 23.1 Å². The van der Waals surface area contributed by atoms with E-state index < -0.39 is 14.6 Å². The van der Waals surface area contributed by atoms with Crippen molar-refractivity contribution in [2.24, 2.45) is 4.99 Å². The molecule has 1 aromatic carbocycles. The van der Waals surface area contributed by atoms with Crippen LogP contribution in [0.25, 0.3) is 0 Å². The van der Waals surface area contributed by atoms with E-state index in [1.54, 1.807) is 32.9 Å². The predicted molar refractivity (Wildman–Crippen MR) is 123 cm³/mol. The first-order valence-corrected chi connectivity index (χ1v) is 10.6. The number of hydrogen-bond acceptors (Lipinski definition) is 3. The maximum Gasteiger partial charge on any atom is 0.191 e. The zero-order chi connectivity index (χ0) is 19.3. The van der Waals surface area contributed by atoms with Crippen LogP contribution in [0.5, 0.6) is 0 Å². The molecule has 0 heterocycles. The van der Waals surface area contributed by atoms with E-state index in [4.69, 9.17) is 23.2 Å². The Morgan fingerprint density at radius 1 is 1.27 bits per heavy atom. The van der Waals surface area contributed by atoms with Crippen molar-refractivity contribution in [1.82, 2.24) is 10.6 Å². The minimum absolute atomic E-state index is 0. The molecule has 150 valence electrons. The molecule has 1 rings (SSSR count). The average molecular weight is 536 g/mol. The molecule has 1 atom stereocenters. The van der Waals surface area contributed by atoms with Gasteiger partial charge in [0.2, 0.25) is 0 Å². The SMILES string of the molecule is CCNC(=NCCS(=O)(=O)C(C)(C)C)NC(C)c1ccc(Cl)cc1Cl.I. The molecular weight excluding hydrogens is 508 g/mol. The first kappa shape index (κ1) is 25.8. The smallest absolute Gasteiger partial charge is 0.191 e. The van der Waals surface area contributed by atoms with Crippen LogP contribution in [-0.4, -0.2) is 38.0 Å². The van der Waals surface area contributed by atoms with Crippen molar-refractivity contribution in [1.29, 1.82) is 0 Å². The molecule has 0 fully saturated rings. The third-order valence-electron chi connectivity index (χ3n) is 3.69. The lowest BCUT2D eigenvalue weighted by Crippen LogP contribution is -2.39. The topological polar surface area (TPSA) is 70.6 Å². The van der Waals surface area contributed by atoms with E-state index in [0.29, 0.717) is 22.5 Å². The van der Waals surface area contributed by atoms with Crippen molar-refractivity contribution in [3.63, 3.8) is 0 Å². The summed E-state index contributed by atoms with van der Waals surface area (Å²) in [6.45, 7) is 9.84. The molecule has 0 aliphatic carbocycles. The lowest BCUT2D eigenvalue weighted by atomic mass is 10.1. The lowest BCUT2D eigenvalue weighted by molar-refractivity contribution is 0.560. The molecular formula is C17H28Cl2IN3O2S.